The van der Waals surface area contributed by atoms with Crippen LogP contribution in [0.25, 0.3) is 0 Å². The molecule has 4 unspecified atom stereocenters. The highest BCUT2D eigenvalue weighted by Crippen LogP contribution is 2.20. The van der Waals surface area contributed by atoms with E-state index in [9.17, 15) is 20.4 Å². The van der Waals surface area contributed by atoms with E-state index in [1.165, 1.54) is 18.7 Å². The van der Waals surface area contributed by atoms with Crippen molar-refractivity contribution < 1.29 is 33.7 Å². The molecule has 0 aliphatic heterocycles. The van der Waals surface area contributed by atoms with Gasteiger partial charge in [-0.15, -0.1) is 0 Å². The lowest BCUT2D eigenvalue weighted by molar-refractivity contribution is -0.171. The summed E-state index contributed by atoms with van der Waals surface area (Å²) in [5.74, 6) is 0. The molecule has 9 heteroatoms. The third-order valence-electron chi connectivity index (χ3n) is 3.78. The first-order chi connectivity index (χ1) is 11.7. The summed E-state index contributed by atoms with van der Waals surface area (Å²) in [5, 5.41) is 39.3. The number of nitrogens with zero attached hydrogens (tertiary/aromatic N) is 1. The molecular formula is C16H37NO7Si. The number of aliphatic hydroxyl groups is 4. The fourth-order valence-corrected chi connectivity index (χ4v) is 5.30. The lowest BCUT2D eigenvalue weighted by Crippen LogP contribution is -2.52. The SMILES string of the molecule is CCO[Si](CCCCN(C(O)C(C)O)C(O)C(C)O)(OCC)OCC. The largest absolute Gasteiger partial charge is 0.500 e. The maximum absolute atomic E-state index is 10.1. The Morgan fingerprint density at radius 2 is 1.16 bits per heavy atom. The van der Waals surface area contributed by atoms with Crippen LogP contribution in [-0.4, -0.2) is 85.2 Å². The highest BCUT2D eigenvalue weighted by molar-refractivity contribution is 6.60. The first-order valence-corrected chi connectivity index (χ1v) is 11.1. The van der Waals surface area contributed by atoms with E-state index >= 15 is 0 Å². The fraction of sp³-hybridized carbons (Fsp3) is 1.00. The van der Waals surface area contributed by atoms with Gasteiger partial charge in [-0.3, -0.25) is 0 Å². The Morgan fingerprint density at radius 1 is 0.760 bits per heavy atom. The van der Waals surface area contributed by atoms with Crippen molar-refractivity contribution >= 4 is 8.80 Å². The molecule has 25 heavy (non-hydrogen) atoms. The van der Waals surface area contributed by atoms with E-state index < -0.39 is 33.5 Å². The lowest BCUT2D eigenvalue weighted by Gasteiger charge is -2.35. The van der Waals surface area contributed by atoms with Crippen molar-refractivity contribution in [3.05, 3.63) is 0 Å². The van der Waals surface area contributed by atoms with Crippen molar-refractivity contribution in [2.24, 2.45) is 0 Å². The summed E-state index contributed by atoms with van der Waals surface area (Å²) in [6, 6.07) is 0.631. The second-order valence-corrected chi connectivity index (χ2v) is 8.72. The van der Waals surface area contributed by atoms with E-state index in [4.69, 9.17) is 13.3 Å². The molecule has 4 atom stereocenters. The predicted octanol–water partition coefficient (Wildman–Crippen LogP) is 0.515. The Hall–Kier alpha value is -0.103. The van der Waals surface area contributed by atoms with Gasteiger partial charge in [-0.1, -0.05) is 0 Å². The molecule has 4 N–H and O–H groups in total. The second-order valence-electron chi connectivity index (χ2n) is 5.99. The number of aliphatic hydroxyl groups excluding tert-OH is 4. The van der Waals surface area contributed by atoms with Crippen molar-refractivity contribution in [3.8, 4) is 0 Å². The minimum Gasteiger partial charge on any atom is -0.389 e. The molecule has 0 aromatic heterocycles. The number of hydrogen-bond donors (Lipinski definition) is 4. The van der Waals surface area contributed by atoms with Gasteiger partial charge >= 0.3 is 8.80 Å². The fourth-order valence-electron chi connectivity index (χ4n) is 2.61. The van der Waals surface area contributed by atoms with Crippen molar-refractivity contribution in [1.82, 2.24) is 4.90 Å². The Morgan fingerprint density at radius 3 is 1.48 bits per heavy atom. The molecule has 0 radical (unpaired) electrons. The minimum atomic E-state index is -2.71. The predicted molar refractivity (Wildman–Crippen MR) is 96.8 cm³/mol. The summed E-state index contributed by atoms with van der Waals surface area (Å²) < 4.78 is 17.4. The van der Waals surface area contributed by atoms with Crippen molar-refractivity contribution in [3.63, 3.8) is 0 Å². The summed E-state index contributed by atoms with van der Waals surface area (Å²) in [7, 11) is -2.71. The van der Waals surface area contributed by atoms with Crippen LogP contribution in [0.4, 0.5) is 0 Å². The van der Waals surface area contributed by atoms with Crippen molar-refractivity contribution in [2.75, 3.05) is 26.4 Å². The summed E-state index contributed by atoms with van der Waals surface area (Å²) in [6.45, 7) is 10.4. The van der Waals surface area contributed by atoms with Crippen LogP contribution >= 0.6 is 0 Å². The molecule has 0 bridgehead atoms. The molecule has 0 aromatic rings. The molecule has 0 aromatic carbocycles. The maximum Gasteiger partial charge on any atom is 0.500 e. The van der Waals surface area contributed by atoms with Crippen molar-refractivity contribution in [2.45, 2.75) is 78.2 Å². The molecule has 0 saturated carbocycles. The molecular weight excluding hydrogens is 346 g/mol. The highest BCUT2D eigenvalue weighted by Gasteiger charge is 2.39. The van der Waals surface area contributed by atoms with E-state index in [-0.39, 0.29) is 0 Å². The summed E-state index contributed by atoms with van der Waals surface area (Å²) >= 11 is 0. The Labute approximate surface area is 152 Å². The van der Waals surface area contributed by atoms with Gasteiger partial charge in [0.25, 0.3) is 0 Å². The molecule has 8 nitrogen and oxygen atoms in total. The Balaban J connectivity index is 4.73. The Kier molecular flexibility index (Phi) is 13.1. The quantitative estimate of drug-likeness (QED) is 0.184. The second kappa shape index (κ2) is 13.1. The van der Waals surface area contributed by atoms with Crippen LogP contribution in [0.1, 0.15) is 47.5 Å². The first-order valence-electron chi connectivity index (χ1n) is 9.14. The van der Waals surface area contributed by atoms with Crippen molar-refractivity contribution in [1.29, 1.82) is 0 Å². The molecule has 0 rings (SSSR count). The van der Waals surface area contributed by atoms with Crippen LogP contribution in [0.15, 0.2) is 0 Å². The van der Waals surface area contributed by atoms with Crippen LogP contribution in [0.3, 0.4) is 0 Å². The summed E-state index contributed by atoms with van der Waals surface area (Å²) in [5.41, 5.74) is 0. The molecule has 152 valence electrons. The molecule has 0 spiro atoms. The third kappa shape index (κ3) is 8.89. The van der Waals surface area contributed by atoms with Gasteiger partial charge in [-0.2, -0.15) is 0 Å². The number of hydrogen-bond acceptors (Lipinski definition) is 8. The van der Waals surface area contributed by atoms with E-state index in [0.29, 0.717) is 45.3 Å². The van der Waals surface area contributed by atoms with Gasteiger partial charge in [0.05, 0.1) is 12.2 Å². The zero-order valence-electron chi connectivity index (χ0n) is 16.2. The standard InChI is InChI=1S/C16H37NO7Si/c1-6-22-25(23-7-2,24-8-3)12-10-9-11-17(15(20)13(4)18)16(21)14(5)19/h13-16,18-21H,6-12H2,1-5H3. The highest BCUT2D eigenvalue weighted by atomic mass is 28.4. The van der Waals surface area contributed by atoms with Crippen LogP contribution in [0, 0.1) is 0 Å². The lowest BCUT2D eigenvalue weighted by atomic mass is 10.2. The van der Waals surface area contributed by atoms with Crippen LogP contribution < -0.4 is 0 Å². The van der Waals surface area contributed by atoms with Gasteiger partial charge in [-0.05, 0) is 47.5 Å². The molecule has 0 aliphatic rings. The van der Waals surface area contributed by atoms with Gasteiger partial charge in [0.15, 0.2) is 0 Å². The van der Waals surface area contributed by atoms with E-state index in [2.05, 4.69) is 0 Å². The summed E-state index contributed by atoms with van der Waals surface area (Å²) in [4.78, 5) is 1.29. The average Bonchev–Trinajstić information content (AvgIpc) is 2.54. The topological polar surface area (TPSA) is 112 Å². The number of unbranched alkanes of at least 4 members (excludes halogenated alkanes) is 1. The van der Waals surface area contributed by atoms with Gasteiger partial charge in [-0.25, -0.2) is 4.90 Å². The third-order valence-corrected chi connectivity index (χ3v) is 6.94. The maximum atomic E-state index is 10.1. The molecule has 0 aliphatic carbocycles. The smallest absolute Gasteiger partial charge is 0.389 e. The number of rotatable bonds is 15. The normalized spacial score (nSPS) is 17.5. The van der Waals surface area contributed by atoms with Gasteiger partial charge in [0, 0.05) is 32.4 Å². The van der Waals surface area contributed by atoms with E-state index in [0.717, 1.165) is 0 Å². The zero-order chi connectivity index (χ0) is 19.5. The summed E-state index contributed by atoms with van der Waals surface area (Å²) in [6.07, 6.45) is -3.26. The zero-order valence-corrected chi connectivity index (χ0v) is 17.2. The van der Waals surface area contributed by atoms with Gasteiger partial charge in [0.2, 0.25) is 0 Å². The average molecular weight is 384 g/mol. The van der Waals surface area contributed by atoms with Gasteiger partial charge < -0.3 is 33.7 Å². The first kappa shape index (κ1) is 24.9. The van der Waals surface area contributed by atoms with Crippen LogP contribution in [-0.2, 0) is 13.3 Å². The molecule has 0 fully saturated rings. The Bertz CT molecular complexity index is 303. The van der Waals surface area contributed by atoms with Crippen LogP contribution in [0.5, 0.6) is 0 Å². The monoisotopic (exact) mass is 383 g/mol. The minimum absolute atomic E-state index is 0.312. The van der Waals surface area contributed by atoms with E-state index in [1.807, 2.05) is 20.8 Å². The van der Waals surface area contributed by atoms with Crippen LogP contribution in [0.2, 0.25) is 6.04 Å². The van der Waals surface area contributed by atoms with Gasteiger partial charge in [0.1, 0.15) is 12.5 Å². The molecule has 0 amide bonds. The molecule has 0 heterocycles. The van der Waals surface area contributed by atoms with E-state index in [1.54, 1.807) is 0 Å². The molecule has 0 saturated heterocycles.